The maximum Gasteiger partial charge on any atom is 0.361 e. The maximum absolute atomic E-state index is 13.3. The molecule has 2 aliphatic rings. The Bertz CT molecular complexity index is 1010. The molecule has 2 aromatic rings. The van der Waals surface area contributed by atoms with E-state index in [0.29, 0.717) is 23.1 Å². The fourth-order valence-electron chi connectivity index (χ4n) is 3.88. The van der Waals surface area contributed by atoms with Crippen molar-refractivity contribution in [2.24, 2.45) is 5.41 Å². The molecule has 1 heterocycles. The van der Waals surface area contributed by atoms with Gasteiger partial charge < -0.3 is 9.47 Å². The second kappa shape index (κ2) is 7.41. The molecular formula is C25H22O5. The van der Waals surface area contributed by atoms with Gasteiger partial charge in [0.05, 0.1) is 0 Å². The highest BCUT2D eigenvalue weighted by molar-refractivity contribution is 6.14. The van der Waals surface area contributed by atoms with Crippen molar-refractivity contribution in [1.82, 2.24) is 0 Å². The minimum absolute atomic E-state index is 0.222. The molecule has 4 rings (SSSR count). The molecule has 1 unspecified atom stereocenters. The highest BCUT2D eigenvalue weighted by Gasteiger charge is 2.55. The van der Waals surface area contributed by atoms with Crippen LogP contribution in [-0.2, 0) is 29.5 Å². The summed E-state index contributed by atoms with van der Waals surface area (Å²) in [4.78, 5) is 39.3. The van der Waals surface area contributed by atoms with Crippen LogP contribution in [0.4, 0.5) is 0 Å². The van der Waals surface area contributed by atoms with Crippen LogP contribution in [0.3, 0.4) is 0 Å². The van der Waals surface area contributed by atoms with Gasteiger partial charge in [-0.15, -0.1) is 0 Å². The predicted molar refractivity (Wildman–Crippen MR) is 110 cm³/mol. The first-order valence-electron chi connectivity index (χ1n) is 9.81. The highest BCUT2D eigenvalue weighted by Crippen LogP contribution is 2.40. The van der Waals surface area contributed by atoms with E-state index in [1.54, 1.807) is 72.8 Å². The lowest BCUT2D eigenvalue weighted by atomic mass is 9.80. The summed E-state index contributed by atoms with van der Waals surface area (Å²) in [6.45, 7) is 3.98. The Balaban J connectivity index is 1.71. The Labute approximate surface area is 175 Å². The Kier molecular flexibility index (Phi) is 4.90. The minimum Gasteiger partial charge on any atom is -0.438 e. The molecule has 1 aliphatic heterocycles. The first kappa shape index (κ1) is 19.8. The topological polar surface area (TPSA) is 69.7 Å². The van der Waals surface area contributed by atoms with Crippen LogP contribution in [0.5, 0.6) is 0 Å². The third-order valence-electron chi connectivity index (χ3n) is 5.39. The summed E-state index contributed by atoms with van der Waals surface area (Å²) in [5, 5.41) is 0. The van der Waals surface area contributed by atoms with E-state index in [2.05, 4.69) is 0 Å². The van der Waals surface area contributed by atoms with E-state index in [0.717, 1.165) is 0 Å². The Morgan fingerprint density at radius 3 is 2.03 bits per heavy atom. The number of cyclic esters (lactones) is 2. The number of ether oxygens (including phenoxy) is 2. The van der Waals surface area contributed by atoms with Crippen LogP contribution in [0.1, 0.15) is 31.4 Å². The molecule has 1 fully saturated rings. The molecule has 30 heavy (non-hydrogen) atoms. The van der Waals surface area contributed by atoms with Gasteiger partial charge in [0.25, 0.3) is 11.7 Å². The van der Waals surface area contributed by atoms with Crippen molar-refractivity contribution in [2.45, 2.75) is 32.0 Å². The molecule has 1 aliphatic carbocycles. The Hall–Kier alpha value is -3.47. The zero-order chi connectivity index (χ0) is 21.4. The van der Waals surface area contributed by atoms with Crippen LogP contribution in [-0.4, -0.2) is 23.8 Å². The first-order chi connectivity index (χ1) is 14.3. The summed E-state index contributed by atoms with van der Waals surface area (Å²) in [6, 6.07) is 17.4. The van der Waals surface area contributed by atoms with Crippen molar-refractivity contribution in [3.8, 4) is 0 Å². The van der Waals surface area contributed by atoms with Crippen LogP contribution in [0.15, 0.2) is 84.5 Å². The summed E-state index contributed by atoms with van der Waals surface area (Å²) in [6.07, 6.45) is 4.28. The summed E-state index contributed by atoms with van der Waals surface area (Å²) in [5.74, 6) is -2.20. The molecule has 0 N–H and O–H groups in total. The van der Waals surface area contributed by atoms with Crippen molar-refractivity contribution in [3.05, 3.63) is 95.6 Å². The summed E-state index contributed by atoms with van der Waals surface area (Å²) in [7, 11) is 0. The lowest BCUT2D eigenvalue weighted by Crippen LogP contribution is -2.54. The van der Waals surface area contributed by atoms with Crippen molar-refractivity contribution in [3.63, 3.8) is 0 Å². The van der Waals surface area contributed by atoms with E-state index >= 15 is 0 Å². The van der Waals surface area contributed by atoms with E-state index in [-0.39, 0.29) is 5.41 Å². The molecule has 0 amide bonds. The fourth-order valence-corrected chi connectivity index (χ4v) is 3.88. The molecule has 2 aromatic carbocycles. The smallest absolute Gasteiger partial charge is 0.361 e. The number of carbonyl (C=O) groups is 3. The van der Waals surface area contributed by atoms with Gasteiger partial charge in [-0.1, -0.05) is 92.7 Å². The number of hydrogen-bond acceptors (Lipinski definition) is 5. The monoisotopic (exact) mass is 402 g/mol. The Morgan fingerprint density at radius 1 is 0.933 bits per heavy atom. The fraction of sp³-hybridized carbons (Fsp3) is 0.240. The van der Waals surface area contributed by atoms with Crippen LogP contribution in [0.2, 0.25) is 0 Å². The quantitative estimate of drug-likeness (QED) is 0.573. The van der Waals surface area contributed by atoms with E-state index in [9.17, 15) is 14.4 Å². The van der Waals surface area contributed by atoms with Gasteiger partial charge in [0.2, 0.25) is 5.78 Å². The Morgan fingerprint density at radius 2 is 1.50 bits per heavy atom. The van der Waals surface area contributed by atoms with E-state index in [1.165, 1.54) is 0 Å². The summed E-state index contributed by atoms with van der Waals surface area (Å²) in [5.41, 5.74) is -0.622. The predicted octanol–water partition coefficient (Wildman–Crippen LogP) is 3.88. The van der Waals surface area contributed by atoms with Crippen molar-refractivity contribution < 1.29 is 23.9 Å². The van der Waals surface area contributed by atoms with Crippen molar-refractivity contribution >= 4 is 17.7 Å². The number of esters is 2. The number of hydrogen-bond donors (Lipinski definition) is 0. The first-order valence-corrected chi connectivity index (χ1v) is 9.81. The van der Waals surface area contributed by atoms with E-state index < -0.39 is 29.4 Å². The van der Waals surface area contributed by atoms with Gasteiger partial charge in [-0.25, -0.2) is 9.59 Å². The van der Waals surface area contributed by atoms with Crippen LogP contribution in [0, 0.1) is 5.41 Å². The number of Topliss-reactive ketones (excluding diaryl/α,β-unsaturated/α-hetero) is 1. The molecule has 5 heteroatoms. The summed E-state index contributed by atoms with van der Waals surface area (Å²) >= 11 is 0. The van der Waals surface area contributed by atoms with Gasteiger partial charge >= 0.3 is 11.9 Å². The number of ketones is 1. The van der Waals surface area contributed by atoms with Crippen molar-refractivity contribution in [1.29, 1.82) is 0 Å². The van der Waals surface area contributed by atoms with Crippen LogP contribution >= 0.6 is 0 Å². The van der Waals surface area contributed by atoms with Crippen molar-refractivity contribution in [2.75, 3.05) is 0 Å². The maximum atomic E-state index is 13.3. The molecule has 0 saturated carbocycles. The second-order valence-corrected chi connectivity index (χ2v) is 8.20. The molecule has 0 radical (unpaired) electrons. The van der Waals surface area contributed by atoms with Crippen LogP contribution in [0.25, 0.3) is 0 Å². The largest absolute Gasteiger partial charge is 0.438 e. The lowest BCUT2D eigenvalue weighted by Gasteiger charge is -2.38. The lowest BCUT2D eigenvalue weighted by molar-refractivity contribution is -0.206. The number of rotatable bonds is 4. The number of benzene rings is 2. The molecule has 152 valence electrons. The molecule has 0 aromatic heterocycles. The van der Waals surface area contributed by atoms with Gasteiger partial charge in [-0.05, 0) is 11.8 Å². The van der Waals surface area contributed by atoms with Gasteiger partial charge in [-0.2, -0.15) is 0 Å². The molecular weight excluding hydrogens is 380 g/mol. The molecule has 5 nitrogen and oxygen atoms in total. The van der Waals surface area contributed by atoms with Gasteiger partial charge in [0, 0.05) is 16.7 Å². The standard InChI is InChI=1S/C25H22O5/c1-24(2)15-9-10-17(16-24)20(26)21-22(27)30-25(23(28)29-21,18-11-5-3-6-12-18)19-13-7-4-8-14-19/h3-15,21H,16H2,1-2H3. The SMILES string of the molecule is CC1(C)C=CC=C(C(=O)C2OC(=O)C(c3ccccc3)(c3ccccc3)OC2=O)C1. The zero-order valence-electron chi connectivity index (χ0n) is 16.8. The second-order valence-electron chi connectivity index (χ2n) is 8.20. The van der Waals surface area contributed by atoms with E-state index in [4.69, 9.17) is 9.47 Å². The summed E-state index contributed by atoms with van der Waals surface area (Å²) < 4.78 is 11.2. The molecule has 0 spiro atoms. The number of carbonyl (C=O) groups excluding carboxylic acids is 3. The van der Waals surface area contributed by atoms with Gasteiger partial charge in [0.15, 0.2) is 0 Å². The van der Waals surface area contributed by atoms with Gasteiger partial charge in [0.1, 0.15) is 0 Å². The minimum atomic E-state index is -1.75. The zero-order valence-corrected chi connectivity index (χ0v) is 16.8. The van der Waals surface area contributed by atoms with Crippen LogP contribution < -0.4 is 0 Å². The molecule has 1 saturated heterocycles. The molecule has 0 bridgehead atoms. The highest BCUT2D eigenvalue weighted by atomic mass is 16.7. The van der Waals surface area contributed by atoms with Gasteiger partial charge in [-0.3, -0.25) is 4.79 Å². The average molecular weight is 402 g/mol. The third kappa shape index (κ3) is 3.36. The van der Waals surface area contributed by atoms with E-state index in [1.807, 2.05) is 19.9 Å². The third-order valence-corrected chi connectivity index (χ3v) is 5.39. The average Bonchev–Trinajstić information content (AvgIpc) is 2.75. The number of allylic oxidation sites excluding steroid dienone is 3. The normalized spacial score (nSPS) is 21.9. The molecule has 1 atom stereocenters.